The maximum absolute atomic E-state index is 13.2. The summed E-state index contributed by atoms with van der Waals surface area (Å²) in [7, 11) is 0. The van der Waals surface area contributed by atoms with Gasteiger partial charge in [-0.3, -0.25) is 0 Å². The van der Waals surface area contributed by atoms with Gasteiger partial charge in [0.15, 0.2) is 11.6 Å². The molecule has 1 unspecified atom stereocenters. The minimum absolute atomic E-state index is 0.234. The van der Waals surface area contributed by atoms with Crippen molar-refractivity contribution in [3.63, 3.8) is 0 Å². The highest BCUT2D eigenvalue weighted by molar-refractivity contribution is 9.10. The van der Waals surface area contributed by atoms with E-state index in [1.807, 2.05) is 6.92 Å². The van der Waals surface area contributed by atoms with E-state index in [0.717, 1.165) is 0 Å². The number of benzene rings is 1. The molecule has 0 amide bonds. The molecular weight excluding hydrogens is 249 g/mol. The molecule has 1 aromatic carbocycles. The zero-order valence-electron chi connectivity index (χ0n) is 7.97. The lowest BCUT2D eigenvalue weighted by atomic mass is 10.2. The number of nitrogens with two attached hydrogens (primary N) is 1. The average molecular weight is 262 g/mol. The second-order valence-corrected chi connectivity index (χ2v) is 4.14. The Hall–Kier alpha value is -0.610. The number of hydrogen-bond acceptors (Lipinski definition) is 2. The average Bonchev–Trinajstić information content (AvgIpc) is 2.16. The van der Waals surface area contributed by atoms with Gasteiger partial charge in [0.05, 0.1) is 6.61 Å². The predicted octanol–water partition coefficient (Wildman–Crippen LogP) is 2.56. The fourth-order valence-electron chi connectivity index (χ4n) is 0.892. The van der Waals surface area contributed by atoms with Gasteiger partial charge >= 0.3 is 0 Å². The third-order valence-electron chi connectivity index (χ3n) is 1.82. The zero-order chi connectivity index (χ0) is 10.6. The van der Waals surface area contributed by atoms with E-state index in [0.29, 0.717) is 17.6 Å². The minimum Gasteiger partial charge on any atom is -0.490 e. The van der Waals surface area contributed by atoms with Gasteiger partial charge in [0.2, 0.25) is 0 Å². The number of ether oxygens (including phenoxy) is 1. The van der Waals surface area contributed by atoms with Crippen LogP contribution in [0.1, 0.15) is 6.92 Å². The summed E-state index contributed by atoms with van der Waals surface area (Å²) in [5.41, 5.74) is 5.42. The second kappa shape index (κ2) is 5.32. The van der Waals surface area contributed by atoms with Crippen molar-refractivity contribution in [1.82, 2.24) is 0 Å². The monoisotopic (exact) mass is 261 g/mol. The van der Waals surface area contributed by atoms with Crippen molar-refractivity contribution in [3.05, 3.63) is 28.5 Å². The highest BCUT2D eigenvalue weighted by Crippen LogP contribution is 2.21. The predicted molar refractivity (Wildman–Crippen MR) is 57.8 cm³/mol. The molecule has 1 atom stereocenters. The Bertz CT molecular complexity index is 306. The highest BCUT2D eigenvalue weighted by atomic mass is 79.9. The number of halogens is 2. The van der Waals surface area contributed by atoms with Crippen LogP contribution in [0.3, 0.4) is 0 Å². The van der Waals surface area contributed by atoms with Crippen molar-refractivity contribution >= 4 is 15.9 Å². The molecule has 0 bridgehead atoms. The molecule has 0 heterocycles. The Morgan fingerprint density at radius 1 is 1.57 bits per heavy atom. The molecule has 1 aromatic rings. The molecule has 0 radical (unpaired) electrons. The van der Waals surface area contributed by atoms with E-state index >= 15 is 0 Å². The summed E-state index contributed by atoms with van der Waals surface area (Å²) in [5.74, 6) is 0.148. The molecule has 0 aliphatic heterocycles. The van der Waals surface area contributed by atoms with Gasteiger partial charge in [-0.05, 0) is 24.7 Å². The third kappa shape index (κ3) is 3.27. The van der Waals surface area contributed by atoms with Gasteiger partial charge < -0.3 is 10.5 Å². The van der Waals surface area contributed by atoms with Gasteiger partial charge in [-0.2, -0.15) is 0 Å². The van der Waals surface area contributed by atoms with Gasteiger partial charge in [0.25, 0.3) is 0 Å². The molecule has 0 aliphatic rings. The first-order valence-electron chi connectivity index (χ1n) is 4.41. The fraction of sp³-hybridized carbons (Fsp3) is 0.400. The lowest BCUT2D eigenvalue weighted by molar-refractivity contribution is 0.253. The molecule has 2 nitrogen and oxygen atoms in total. The van der Waals surface area contributed by atoms with Crippen molar-refractivity contribution in [2.45, 2.75) is 6.92 Å². The summed E-state index contributed by atoms with van der Waals surface area (Å²) in [6, 6.07) is 4.72. The molecule has 0 aromatic heterocycles. The van der Waals surface area contributed by atoms with Crippen LogP contribution in [-0.2, 0) is 0 Å². The van der Waals surface area contributed by atoms with Crippen LogP contribution in [0, 0.1) is 11.7 Å². The summed E-state index contributed by atoms with van der Waals surface area (Å²) in [6.07, 6.45) is 0. The molecule has 0 saturated heterocycles. The van der Waals surface area contributed by atoms with Crippen LogP contribution in [-0.4, -0.2) is 13.2 Å². The van der Waals surface area contributed by atoms with Crippen LogP contribution in [0.4, 0.5) is 4.39 Å². The normalized spacial score (nSPS) is 12.6. The van der Waals surface area contributed by atoms with Gasteiger partial charge in [-0.25, -0.2) is 4.39 Å². The van der Waals surface area contributed by atoms with E-state index in [1.165, 1.54) is 6.07 Å². The molecule has 78 valence electrons. The lowest BCUT2D eigenvalue weighted by Gasteiger charge is -2.11. The molecule has 14 heavy (non-hydrogen) atoms. The van der Waals surface area contributed by atoms with Gasteiger partial charge in [-0.15, -0.1) is 0 Å². The number of hydrogen-bond donors (Lipinski definition) is 1. The molecule has 0 spiro atoms. The van der Waals surface area contributed by atoms with E-state index < -0.39 is 0 Å². The Morgan fingerprint density at radius 3 is 2.86 bits per heavy atom. The van der Waals surface area contributed by atoms with Crippen LogP contribution < -0.4 is 10.5 Å². The van der Waals surface area contributed by atoms with Crippen LogP contribution in [0.5, 0.6) is 5.75 Å². The molecule has 2 N–H and O–H groups in total. The first-order chi connectivity index (χ1) is 6.63. The fourth-order valence-corrected chi connectivity index (χ4v) is 1.23. The molecular formula is C10H13BrFNO. The van der Waals surface area contributed by atoms with E-state index in [1.54, 1.807) is 12.1 Å². The largest absolute Gasteiger partial charge is 0.490 e. The van der Waals surface area contributed by atoms with Gasteiger partial charge in [0.1, 0.15) is 0 Å². The highest BCUT2D eigenvalue weighted by Gasteiger charge is 2.05. The summed E-state index contributed by atoms with van der Waals surface area (Å²) >= 11 is 3.17. The van der Waals surface area contributed by atoms with Crippen molar-refractivity contribution in [3.8, 4) is 5.75 Å². The van der Waals surface area contributed by atoms with Crippen LogP contribution in [0.15, 0.2) is 22.7 Å². The second-order valence-electron chi connectivity index (χ2n) is 3.23. The molecule has 0 aliphatic carbocycles. The molecule has 1 rings (SSSR count). The van der Waals surface area contributed by atoms with E-state index in [4.69, 9.17) is 10.5 Å². The van der Waals surface area contributed by atoms with E-state index in [-0.39, 0.29) is 17.5 Å². The van der Waals surface area contributed by atoms with Crippen molar-refractivity contribution in [2.75, 3.05) is 13.2 Å². The topological polar surface area (TPSA) is 35.2 Å². The first-order valence-corrected chi connectivity index (χ1v) is 5.20. The van der Waals surface area contributed by atoms with Crippen LogP contribution in [0.2, 0.25) is 0 Å². The van der Waals surface area contributed by atoms with Gasteiger partial charge in [0, 0.05) is 10.4 Å². The van der Waals surface area contributed by atoms with Gasteiger partial charge in [-0.1, -0.05) is 22.9 Å². The van der Waals surface area contributed by atoms with Crippen molar-refractivity contribution in [1.29, 1.82) is 0 Å². The zero-order valence-corrected chi connectivity index (χ0v) is 9.55. The Kier molecular flexibility index (Phi) is 4.35. The van der Waals surface area contributed by atoms with Crippen molar-refractivity contribution in [2.24, 2.45) is 11.7 Å². The third-order valence-corrected chi connectivity index (χ3v) is 2.31. The maximum atomic E-state index is 13.2. The SMILES string of the molecule is CC(CN)COc1ccc(Br)cc1F. The molecule has 0 saturated carbocycles. The summed E-state index contributed by atoms with van der Waals surface area (Å²) in [4.78, 5) is 0. The minimum atomic E-state index is -0.358. The molecule has 4 heteroatoms. The first kappa shape index (κ1) is 11.5. The summed E-state index contributed by atoms with van der Waals surface area (Å²) in [6.45, 7) is 2.93. The van der Waals surface area contributed by atoms with Crippen LogP contribution >= 0.6 is 15.9 Å². The van der Waals surface area contributed by atoms with E-state index in [9.17, 15) is 4.39 Å². The number of rotatable bonds is 4. The Morgan fingerprint density at radius 2 is 2.29 bits per heavy atom. The standard InChI is InChI=1S/C10H13BrFNO/c1-7(5-13)6-14-10-3-2-8(11)4-9(10)12/h2-4,7H,5-6,13H2,1H3. The van der Waals surface area contributed by atoms with Crippen LogP contribution in [0.25, 0.3) is 0 Å². The summed E-state index contributed by atoms with van der Waals surface area (Å²) in [5, 5.41) is 0. The Labute approximate surface area is 91.4 Å². The smallest absolute Gasteiger partial charge is 0.166 e. The lowest BCUT2D eigenvalue weighted by Crippen LogP contribution is -2.18. The van der Waals surface area contributed by atoms with E-state index in [2.05, 4.69) is 15.9 Å². The maximum Gasteiger partial charge on any atom is 0.166 e. The van der Waals surface area contributed by atoms with Crippen molar-refractivity contribution < 1.29 is 9.13 Å². The summed E-state index contributed by atoms with van der Waals surface area (Å²) < 4.78 is 19.2. The molecule has 0 fully saturated rings. The quantitative estimate of drug-likeness (QED) is 0.905. The Balaban J connectivity index is 2.59.